The summed E-state index contributed by atoms with van der Waals surface area (Å²) in [7, 11) is 0. The summed E-state index contributed by atoms with van der Waals surface area (Å²) in [6.45, 7) is 0.263. The summed E-state index contributed by atoms with van der Waals surface area (Å²) >= 11 is 7.49. The number of thioether (sulfide) groups is 1. The molecular formula is C21H18ClFN2O2S. The lowest BCUT2D eigenvalue weighted by Crippen LogP contribution is -2.23. The fraction of sp³-hybridized carbons (Fsp3) is 0.143. The minimum atomic E-state index is -0.551. The summed E-state index contributed by atoms with van der Waals surface area (Å²) in [5.41, 5.74) is 1.47. The molecule has 0 bridgehead atoms. The number of carbonyl (C=O) groups is 1. The van der Waals surface area contributed by atoms with Gasteiger partial charge in [-0.15, -0.1) is 0 Å². The number of nitrogens with one attached hydrogen (secondary N) is 1. The van der Waals surface area contributed by atoms with Crippen molar-refractivity contribution in [2.75, 3.05) is 12.0 Å². The van der Waals surface area contributed by atoms with E-state index in [-0.39, 0.29) is 28.8 Å². The van der Waals surface area contributed by atoms with Crippen molar-refractivity contribution in [1.29, 1.82) is 0 Å². The Morgan fingerprint density at radius 2 is 2.07 bits per heavy atom. The predicted octanol–water partition coefficient (Wildman–Crippen LogP) is 5.04. The van der Waals surface area contributed by atoms with E-state index in [9.17, 15) is 14.3 Å². The fourth-order valence-corrected chi connectivity index (χ4v) is 3.10. The summed E-state index contributed by atoms with van der Waals surface area (Å²) < 4.78 is 14.3. The van der Waals surface area contributed by atoms with E-state index in [0.717, 1.165) is 11.3 Å². The van der Waals surface area contributed by atoms with Crippen molar-refractivity contribution in [2.45, 2.75) is 6.54 Å². The van der Waals surface area contributed by atoms with Crippen molar-refractivity contribution >= 4 is 46.2 Å². The third-order valence-electron chi connectivity index (χ3n) is 4.10. The molecule has 3 aromatic rings. The van der Waals surface area contributed by atoms with Gasteiger partial charge in [-0.1, -0.05) is 35.9 Å². The number of benzene rings is 2. The first-order chi connectivity index (χ1) is 13.5. The average Bonchev–Trinajstić information content (AvgIpc) is 2.68. The molecule has 0 aliphatic carbocycles. The second-order valence-electron chi connectivity index (χ2n) is 6.09. The van der Waals surface area contributed by atoms with Crippen LogP contribution in [0.3, 0.4) is 0 Å². The smallest absolute Gasteiger partial charge is 0.256 e. The van der Waals surface area contributed by atoms with E-state index in [2.05, 4.69) is 10.3 Å². The molecule has 1 amide bonds. The zero-order chi connectivity index (χ0) is 20.1. The standard InChI is InChI=1S/C21H18ClFN2O2S/c1-28-8-2-3-14-9-16-19(18(23)10-14)24-12-17(20(16)26)21(27)25-11-13-4-6-15(22)7-5-13/h2-7,9-10,12H,8,11H2,1H3,(H,24,26)(H,25,27). The van der Waals surface area contributed by atoms with Gasteiger partial charge in [-0.25, -0.2) is 4.39 Å². The molecule has 4 nitrogen and oxygen atoms in total. The lowest BCUT2D eigenvalue weighted by molar-refractivity contribution is 0.0948. The third-order valence-corrected chi connectivity index (χ3v) is 4.88. The van der Waals surface area contributed by atoms with E-state index in [1.54, 1.807) is 48.2 Å². The SMILES string of the molecule is CSCC=Cc1cc(F)c2ncc(C(=O)NCc3ccc(Cl)cc3)c(O)c2c1. The summed E-state index contributed by atoms with van der Waals surface area (Å²) in [6, 6.07) is 10.0. The zero-order valence-corrected chi connectivity index (χ0v) is 16.6. The van der Waals surface area contributed by atoms with Crippen LogP contribution in [0.2, 0.25) is 5.02 Å². The summed E-state index contributed by atoms with van der Waals surface area (Å²) in [5.74, 6) is -0.551. The number of nitrogens with zero attached hydrogens (tertiary/aromatic N) is 1. The number of hydrogen-bond acceptors (Lipinski definition) is 4. The molecule has 28 heavy (non-hydrogen) atoms. The molecule has 144 valence electrons. The van der Waals surface area contributed by atoms with Gasteiger partial charge in [0.25, 0.3) is 5.91 Å². The Bertz CT molecular complexity index is 1040. The fourth-order valence-electron chi connectivity index (χ4n) is 2.69. The molecule has 7 heteroatoms. The zero-order valence-electron chi connectivity index (χ0n) is 15.1. The second-order valence-corrected chi connectivity index (χ2v) is 7.43. The highest BCUT2D eigenvalue weighted by Gasteiger charge is 2.17. The molecule has 0 aliphatic rings. The Balaban J connectivity index is 1.87. The van der Waals surface area contributed by atoms with E-state index >= 15 is 0 Å². The van der Waals surface area contributed by atoms with E-state index in [4.69, 9.17) is 11.6 Å². The van der Waals surface area contributed by atoms with E-state index in [1.807, 2.05) is 12.3 Å². The molecule has 0 atom stereocenters. The van der Waals surface area contributed by atoms with Crippen LogP contribution < -0.4 is 5.32 Å². The van der Waals surface area contributed by atoms with Crippen LogP contribution in [0.4, 0.5) is 4.39 Å². The molecule has 2 N–H and O–H groups in total. The van der Waals surface area contributed by atoms with Crippen molar-refractivity contribution in [1.82, 2.24) is 10.3 Å². The van der Waals surface area contributed by atoms with Crippen LogP contribution in [-0.4, -0.2) is 28.0 Å². The van der Waals surface area contributed by atoms with Gasteiger partial charge < -0.3 is 10.4 Å². The Morgan fingerprint density at radius 3 is 2.79 bits per heavy atom. The Labute approximate surface area is 171 Å². The monoisotopic (exact) mass is 416 g/mol. The highest BCUT2D eigenvalue weighted by molar-refractivity contribution is 7.98. The molecule has 0 saturated carbocycles. The normalized spacial score (nSPS) is 11.2. The minimum absolute atomic E-state index is 0.00823. The number of pyridine rings is 1. The molecule has 0 aliphatic heterocycles. The van der Waals surface area contributed by atoms with Crippen LogP contribution in [-0.2, 0) is 6.54 Å². The first kappa shape index (κ1) is 20.2. The summed E-state index contributed by atoms with van der Waals surface area (Å²) in [5, 5.41) is 14.1. The van der Waals surface area contributed by atoms with Gasteiger partial charge in [-0.2, -0.15) is 11.8 Å². The van der Waals surface area contributed by atoms with Crippen molar-refractivity contribution in [3.8, 4) is 5.75 Å². The number of rotatable bonds is 6. The molecule has 0 saturated heterocycles. The van der Waals surface area contributed by atoms with E-state index in [1.165, 1.54) is 12.3 Å². The third kappa shape index (κ3) is 4.64. The van der Waals surface area contributed by atoms with E-state index < -0.39 is 11.7 Å². The van der Waals surface area contributed by atoms with E-state index in [0.29, 0.717) is 10.6 Å². The minimum Gasteiger partial charge on any atom is -0.506 e. The number of aromatic hydroxyl groups is 1. The molecular weight excluding hydrogens is 399 g/mol. The lowest BCUT2D eigenvalue weighted by atomic mass is 10.1. The number of carbonyl (C=O) groups excluding carboxylic acids is 1. The molecule has 1 aromatic heterocycles. The van der Waals surface area contributed by atoms with Gasteiger partial charge in [-0.3, -0.25) is 9.78 Å². The molecule has 2 aromatic carbocycles. The van der Waals surface area contributed by atoms with Gasteiger partial charge in [0.1, 0.15) is 22.6 Å². The van der Waals surface area contributed by atoms with Crippen molar-refractivity contribution in [3.63, 3.8) is 0 Å². The summed E-state index contributed by atoms with van der Waals surface area (Å²) in [4.78, 5) is 16.5. The maximum atomic E-state index is 14.3. The Morgan fingerprint density at radius 1 is 1.32 bits per heavy atom. The number of halogens is 2. The van der Waals surface area contributed by atoms with Crippen LogP contribution >= 0.6 is 23.4 Å². The largest absolute Gasteiger partial charge is 0.506 e. The molecule has 0 fully saturated rings. The molecule has 1 heterocycles. The Kier molecular flexibility index (Phi) is 6.54. The van der Waals surface area contributed by atoms with Gasteiger partial charge in [0.2, 0.25) is 0 Å². The number of hydrogen-bond donors (Lipinski definition) is 2. The maximum absolute atomic E-state index is 14.3. The van der Waals surface area contributed by atoms with Crippen molar-refractivity contribution in [2.24, 2.45) is 0 Å². The predicted molar refractivity (Wildman–Crippen MR) is 113 cm³/mol. The van der Waals surface area contributed by atoms with Gasteiger partial charge in [0.15, 0.2) is 0 Å². The maximum Gasteiger partial charge on any atom is 0.256 e. The molecule has 0 spiro atoms. The van der Waals surface area contributed by atoms with Crippen LogP contribution in [0.15, 0.2) is 48.7 Å². The highest BCUT2D eigenvalue weighted by Crippen LogP contribution is 2.30. The lowest BCUT2D eigenvalue weighted by Gasteiger charge is -2.10. The molecule has 0 unspecified atom stereocenters. The topological polar surface area (TPSA) is 62.2 Å². The quantitative estimate of drug-likeness (QED) is 0.591. The van der Waals surface area contributed by atoms with Crippen LogP contribution in [0, 0.1) is 5.82 Å². The first-order valence-corrected chi connectivity index (χ1v) is 10.3. The van der Waals surface area contributed by atoms with Crippen molar-refractivity contribution in [3.05, 3.63) is 76.2 Å². The molecule has 3 rings (SSSR count). The highest BCUT2D eigenvalue weighted by atomic mass is 35.5. The summed E-state index contributed by atoms with van der Waals surface area (Å²) in [6.07, 6.45) is 6.82. The molecule has 0 radical (unpaired) electrons. The van der Waals surface area contributed by atoms with Crippen LogP contribution in [0.25, 0.3) is 17.0 Å². The van der Waals surface area contributed by atoms with Gasteiger partial charge in [0.05, 0.1) is 0 Å². The van der Waals surface area contributed by atoms with Crippen LogP contribution in [0.5, 0.6) is 5.75 Å². The number of fused-ring (bicyclic) bond motifs is 1. The van der Waals surface area contributed by atoms with Crippen LogP contribution in [0.1, 0.15) is 21.5 Å². The first-order valence-electron chi connectivity index (χ1n) is 8.49. The van der Waals surface area contributed by atoms with Crippen molar-refractivity contribution < 1.29 is 14.3 Å². The van der Waals surface area contributed by atoms with Gasteiger partial charge in [-0.05, 0) is 41.6 Å². The number of amides is 1. The van der Waals surface area contributed by atoms with Gasteiger partial charge >= 0.3 is 0 Å². The van der Waals surface area contributed by atoms with Gasteiger partial charge in [0, 0.05) is 28.9 Å². The second kappa shape index (κ2) is 9.08. The Hall–Kier alpha value is -2.57. The number of aromatic nitrogens is 1. The average molecular weight is 417 g/mol.